The standard InChI is InChI=1S/C28H38N2O4/c1-5-33-21-8-6-7-9-22(21)34-26(32)29-23-12-11-19-18-10-13-24-28(3,17-15-25(31)30(24)4)20(18)14-16-27(19,23)2/h6-9,15,17-20,23-24H,5,10-14,16H2,1-4H3,(H,29,32)/t18-,19-,20-,23-,24+,27-,28+/m0/s1. The van der Waals surface area contributed by atoms with E-state index < -0.39 is 6.09 Å². The Balaban J connectivity index is 1.30. The molecule has 184 valence electrons. The van der Waals surface area contributed by atoms with Gasteiger partial charge in [0.25, 0.3) is 0 Å². The van der Waals surface area contributed by atoms with Crippen molar-refractivity contribution in [3.63, 3.8) is 0 Å². The predicted molar refractivity (Wildman–Crippen MR) is 131 cm³/mol. The lowest BCUT2D eigenvalue weighted by atomic mass is 9.48. The maximum Gasteiger partial charge on any atom is 0.412 e. The van der Waals surface area contributed by atoms with E-state index in [9.17, 15) is 9.59 Å². The second-order valence-corrected chi connectivity index (χ2v) is 11.2. The van der Waals surface area contributed by atoms with Crippen molar-refractivity contribution in [2.75, 3.05) is 13.7 Å². The van der Waals surface area contributed by atoms with Gasteiger partial charge in [0.05, 0.1) is 6.61 Å². The molecule has 1 aliphatic heterocycles. The molecular formula is C28H38N2O4. The number of nitrogens with one attached hydrogen (secondary N) is 1. The van der Waals surface area contributed by atoms with Gasteiger partial charge in [-0.05, 0) is 86.8 Å². The topological polar surface area (TPSA) is 67.9 Å². The monoisotopic (exact) mass is 466 g/mol. The van der Waals surface area contributed by atoms with Crippen molar-refractivity contribution in [1.29, 1.82) is 0 Å². The Morgan fingerprint density at radius 1 is 1.09 bits per heavy atom. The number of benzene rings is 1. The van der Waals surface area contributed by atoms with Crippen molar-refractivity contribution >= 4 is 12.0 Å². The van der Waals surface area contributed by atoms with Crippen molar-refractivity contribution < 1.29 is 19.1 Å². The summed E-state index contributed by atoms with van der Waals surface area (Å²) in [5.41, 5.74) is 0.114. The molecule has 3 fully saturated rings. The van der Waals surface area contributed by atoms with E-state index in [2.05, 4.69) is 25.2 Å². The predicted octanol–water partition coefficient (Wildman–Crippen LogP) is 5.18. The van der Waals surface area contributed by atoms with Gasteiger partial charge in [0.1, 0.15) is 0 Å². The molecule has 0 radical (unpaired) electrons. The number of likely N-dealkylation sites (N-methyl/N-ethyl adjacent to an activating group) is 1. The summed E-state index contributed by atoms with van der Waals surface area (Å²) in [7, 11) is 1.97. The minimum atomic E-state index is -0.396. The number of hydrogen-bond donors (Lipinski definition) is 1. The summed E-state index contributed by atoms with van der Waals surface area (Å²) in [5, 5.41) is 3.23. The summed E-state index contributed by atoms with van der Waals surface area (Å²) in [6, 6.07) is 7.73. The smallest absolute Gasteiger partial charge is 0.412 e. The fourth-order valence-electron chi connectivity index (χ4n) is 8.06. The average Bonchev–Trinajstić information content (AvgIpc) is 3.14. The maximum absolute atomic E-state index is 12.9. The van der Waals surface area contributed by atoms with Crippen molar-refractivity contribution in [2.24, 2.45) is 28.6 Å². The molecule has 1 aromatic rings. The molecule has 3 saturated carbocycles. The fourth-order valence-corrected chi connectivity index (χ4v) is 8.06. The number of nitrogens with zero attached hydrogens (tertiary/aromatic N) is 1. The van der Waals surface area contributed by atoms with E-state index in [1.807, 2.05) is 37.1 Å². The van der Waals surface area contributed by atoms with Gasteiger partial charge in [-0.2, -0.15) is 0 Å². The lowest BCUT2D eigenvalue weighted by molar-refractivity contribution is -0.138. The molecule has 7 atom stereocenters. The molecule has 34 heavy (non-hydrogen) atoms. The van der Waals surface area contributed by atoms with Crippen LogP contribution in [0.4, 0.5) is 4.79 Å². The minimum Gasteiger partial charge on any atom is -0.490 e. The molecule has 0 aromatic heterocycles. The Bertz CT molecular complexity index is 992. The third-order valence-corrected chi connectivity index (χ3v) is 9.77. The Morgan fingerprint density at radius 2 is 1.85 bits per heavy atom. The first-order chi connectivity index (χ1) is 16.3. The van der Waals surface area contributed by atoms with Gasteiger partial charge in [0.15, 0.2) is 11.5 Å². The van der Waals surface area contributed by atoms with Crippen molar-refractivity contribution in [3.8, 4) is 11.5 Å². The number of fused-ring (bicyclic) bond motifs is 5. The van der Waals surface area contributed by atoms with E-state index in [4.69, 9.17) is 9.47 Å². The summed E-state index contributed by atoms with van der Waals surface area (Å²) < 4.78 is 11.3. The van der Waals surface area contributed by atoms with Crippen molar-refractivity contribution in [3.05, 3.63) is 36.4 Å². The second-order valence-electron chi connectivity index (χ2n) is 11.2. The highest BCUT2D eigenvalue weighted by Crippen LogP contribution is 2.63. The minimum absolute atomic E-state index is 0.0420. The number of amides is 2. The molecule has 1 heterocycles. The largest absolute Gasteiger partial charge is 0.490 e. The molecule has 4 aliphatic rings. The molecule has 6 heteroatoms. The zero-order valence-corrected chi connectivity index (χ0v) is 20.9. The van der Waals surface area contributed by atoms with E-state index in [1.54, 1.807) is 12.1 Å². The quantitative estimate of drug-likeness (QED) is 0.664. The van der Waals surface area contributed by atoms with Gasteiger partial charge in [-0.3, -0.25) is 4.79 Å². The first kappa shape index (κ1) is 23.3. The van der Waals surface area contributed by atoms with E-state index in [-0.39, 0.29) is 22.8 Å². The molecule has 0 bridgehead atoms. The Kier molecular flexibility index (Phi) is 5.89. The maximum atomic E-state index is 12.9. The lowest BCUT2D eigenvalue weighted by Gasteiger charge is -2.60. The van der Waals surface area contributed by atoms with Crippen LogP contribution in [0.5, 0.6) is 11.5 Å². The van der Waals surface area contributed by atoms with Gasteiger partial charge in [0, 0.05) is 24.5 Å². The molecule has 2 amide bonds. The fraction of sp³-hybridized carbons (Fsp3) is 0.643. The van der Waals surface area contributed by atoms with Crippen LogP contribution in [-0.4, -0.2) is 42.6 Å². The van der Waals surface area contributed by atoms with Crippen LogP contribution in [0.25, 0.3) is 0 Å². The highest BCUT2D eigenvalue weighted by molar-refractivity contribution is 5.89. The molecular weight excluding hydrogens is 428 g/mol. The van der Waals surface area contributed by atoms with Gasteiger partial charge in [-0.1, -0.05) is 32.1 Å². The molecule has 5 rings (SSSR count). The van der Waals surface area contributed by atoms with Crippen LogP contribution in [0.3, 0.4) is 0 Å². The lowest BCUT2D eigenvalue weighted by Crippen LogP contribution is -2.60. The molecule has 6 nitrogen and oxygen atoms in total. The summed E-state index contributed by atoms with van der Waals surface area (Å²) in [4.78, 5) is 27.2. The number of ether oxygens (including phenoxy) is 2. The van der Waals surface area contributed by atoms with Crippen LogP contribution < -0.4 is 14.8 Å². The van der Waals surface area contributed by atoms with Gasteiger partial charge in [-0.15, -0.1) is 0 Å². The van der Waals surface area contributed by atoms with E-state index in [0.717, 1.165) is 38.5 Å². The van der Waals surface area contributed by atoms with E-state index >= 15 is 0 Å². The van der Waals surface area contributed by atoms with Crippen LogP contribution in [0.2, 0.25) is 0 Å². The summed E-state index contributed by atoms with van der Waals surface area (Å²) in [5.74, 6) is 2.98. The zero-order chi connectivity index (χ0) is 24.1. The highest BCUT2D eigenvalue weighted by Gasteiger charge is 2.60. The van der Waals surface area contributed by atoms with Crippen molar-refractivity contribution in [2.45, 2.75) is 71.4 Å². The SMILES string of the molecule is CCOc1ccccc1OC(=O)N[C@H]1CC[C@H]2[C@@H]3CC[C@H]4N(C)C(=O)C=C[C@]4(C)[C@H]3CC[C@]12C. The number of carbonyl (C=O) groups excluding carboxylic acids is 2. The molecule has 0 unspecified atom stereocenters. The zero-order valence-electron chi connectivity index (χ0n) is 20.9. The van der Waals surface area contributed by atoms with Crippen LogP contribution in [0.1, 0.15) is 59.3 Å². The van der Waals surface area contributed by atoms with Crippen LogP contribution in [-0.2, 0) is 4.79 Å². The van der Waals surface area contributed by atoms with E-state index in [0.29, 0.717) is 41.9 Å². The summed E-state index contributed by atoms with van der Waals surface area (Å²) in [6.07, 6.45) is 10.2. The third-order valence-electron chi connectivity index (χ3n) is 9.77. The molecule has 3 aliphatic carbocycles. The normalized spacial score (nSPS) is 38.5. The number of para-hydroxylation sites is 2. The van der Waals surface area contributed by atoms with Crippen LogP contribution in [0, 0.1) is 28.6 Å². The van der Waals surface area contributed by atoms with Gasteiger partial charge in [0.2, 0.25) is 5.91 Å². The summed E-state index contributed by atoms with van der Waals surface area (Å²) >= 11 is 0. The molecule has 0 spiro atoms. The Hall–Kier alpha value is -2.50. The van der Waals surface area contributed by atoms with Crippen molar-refractivity contribution in [1.82, 2.24) is 10.2 Å². The first-order valence-electron chi connectivity index (χ1n) is 12.9. The van der Waals surface area contributed by atoms with Gasteiger partial charge < -0.3 is 19.7 Å². The Labute approximate surface area is 203 Å². The van der Waals surface area contributed by atoms with Crippen LogP contribution >= 0.6 is 0 Å². The van der Waals surface area contributed by atoms with E-state index in [1.165, 1.54) is 0 Å². The van der Waals surface area contributed by atoms with Gasteiger partial charge in [-0.25, -0.2) is 4.79 Å². The first-order valence-corrected chi connectivity index (χ1v) is 12.9. The average molecular weight is 467 g/mol. The summed E-state index contributed by atoms with van der Waals surface area (Å²) in [6.45, 7) is 7.18. The van der Waals surface area contributed by atoms with Crippen LogP contribution in [0.15, 0.2) is 36.4 Å². The number of rotatable bonds is 4. The number of hydrogen-bond acceptors (Lipinski definition) is 4. The second kappa shape index (κ2) is 8.62. The highest BCUT2D eigenvalue weighted by atomic mass is 16.6. The molecule has 1 aromatic carbocycles. The molecule has 1 N–H and O–H groups in total. The molecule has 0 saturated heterocycles. The third kappa shape index (κ3) is 3.61. The number of carbonyl (C=O) groups is 2. The Morgan fingerprint density at radius 3 is 2.62 bits per heavy atom. The van der Waals surface area contributed by atoms with Gasteiger partial charge >= 0.3 is 6.09 Å².